The topological polar surface area (TPSA) is 198 Å². The summed E-state index contributed by atoms with van der Waals surface area (Å²) in [4.78, 5) is 17.4. The fourth-order valence-corrected chi connectivity index (χ4v) is 9.31. The van der Waals surface area contributed by atoms with Crippen molar-refractivity contribution in [3.8, 4) is 6.07 Å². The molecule has 0 aliphatic carbocycles. The van der Waals surface area contributed by atoms with Crippen LogP contribution in [-0.4, -0.2) is 64.3 Å². The van der Waals surface area contributed by atoms with E-state index in [9.17, 15) is 26.9 Å². The number of hydrogen-bond donors (Lipinski definition) is 3. The molecular weight excluding hydrogens is 715 g/mol. The molecule has 0 spiro atoms. The van der Waals surface area contributed by atoms with Crippen LogP contribution < -0.4 is 21.1 Å². The van der Waals surface area contributed by atoms with E-state index < -0.39 is 26.0 Å². The highest BCUT2D eigenvalue weighted by Gasteiger charge is 2.25. The normalized spacial score (nSPS) is 14.1. The summed E-state index contributed by atoms with van der Waals surface area (Å²) in [6.45, 7) is 4.08. The van der Waals surface area contributed by atoms with Gasteiger partial charge in [0.2, 0.25) is 0 Å². The first-order valence-corrected chi connectivity index (χ1v) is 19.9. The maximum Gasteiger partial charge on any atom is 0.300 e. The van der Waals surface area contributed by atoms with Gasteiger partial charge in [0.05, 0.1) is 26.9 Å². The van der Waals surface area contributed by atoms with Crippen LogP contribution in [0.3, 0.4) is 0 Å². The highest BCUT2D eigenvalue weighted by atomic mass is 32.2. The molecule has 53 heavy (non-hydrogen) atoms. The van der Waals surface area contributed by atoms with Crippen LogP contribution in [0.2, 0.25) is 0 Å². The minimum absolute atomic E-state index is 0.108. The van der Waals surface area contributed by atoms with E-state index in [0.717, 1.165) is 51.3 Å². The first-order chi connectivity index (χ1) is 25.4. The lowest BCUT2D eigenvalue weighted by Gasteiger charge is -2.36. The summed E-state index contributed by atoms with van der Waals surface area (Å²) < 4.78 is 62.2. The number of furan rings is 1. The number of unbranched alkanes of at least 4 members (excludes halogenated alkanes) is 1. The Morgan fingerprint density at radius 2 is 1.51 bits per heavy atom. The molecule has 1 saturated heterocycles. The first-order valence-electron chi connectivity index (χ1n) is 17.0. The van der Waals surface area contributed by atoms with Crippen molar-refractivity contribution in [2.45, 2.75) is 29.1 Å². The number of aromatic nitrogens is 1. The summed E-state index contributed by atoms with van der Waals surface area (Å²) in [6.07, 6.45) is 2.17. The molecular formula is C38H37N7O6S2. The number of nitrogens with two attached hydrogens (primary N) is 2. The summed E-state index contributed by atoms with van der Waals surface area (Å²) in [5.74, 6) is -1.000. The molecule has 3 heterocycles. The van der Waals surface area contributed by atoms with Gasteiger partial charge in [-0.1, -0.05) is 12.1 Å². The third-order valence-corrected chi connectivity index (χ3v) is 12.5. The van der Waals surface area contributed by atoms with Crippen molar-refractivity contribution in [3.63, 3.8) is 0 Å². The fraction of sp³-hybridized carbons (Fsp3) is 0.211. The number of amides is 1. The number of sulfonamides is 1. The van der Waals surface area contributed by atoms with Gasteiger partial charge in [-0.2, -0.15) is 5.26 Å². The van der Waals surface area contributed by atoms with Crippen LogP contribution in [-0.2, 0) is 26.5 Å². The van der Waals surface area contributed by atoms with Crippen LogP contribution in [0.1, 0.15) is 34.7 Å². The lowest BCUT2D eigenvalue weighted by molar-refractivity contribution is 0.0956. The van der Waals surface area contributed by atoms with Crippen LogP contribution in [0.5, 0.6) is 0 Å². The minimum Gasteiger partial charge on any atom is -0.451 e. The van der Waals surface area contributed by atoms with E-state index in [4.69, 9.17) is 15.9 Å². The van der Waals surface area contributed by atoms with Crippen molar-refractivity contribution in [2.75, 3.05) is 49.1 Å². The number of nitrogens with one attached hydrogen (secondary N) is 1. The average Bonchev–Trinajstić information content (AvgIpc) is 3.75. The Morgan fingerprint density at radius 3 is 2.23 bits per heavy atom. The van der Waals surface area contributed by atoms with E-state index in [1.165, 1.54) is 40.4 Å². The van der Waals surface area contributed by atoms with Crippen molar-refractivity contribution >= 4 is 64.9 Å². The smallest absolute Gasteiger partial charge is 0.300 e. The summed E-state index contributed by atoms with van der Waals surface area (Å²) in [5, 5.41) is 10.8. The number of anilines is 3. The molecule has 1 aliphatic heterocycles. The Hall–Kier alpha value is -5.82. The van der Waals surface area contributed by atoms with Crippen LogP contribution in [0.4, 0.5) is 17.1 Å². The fourth-order valence-electron chi connectivity index (χ4n) is 6.68. The Balaban J connectivity index is 0.958. The zero-order valence-corrected chi connectivity index (χ0v) is 30.2. The van der Waals surface area contributed by atoms with E-state index in [2.05, 4.69) is 15.9 Å². The Bertz CT molecular complexity index is 2620. The predicted octanol–water partition coefficient (Wildman–Crippen LogP) is 4.92. The van der Waals surface area contributed by atoms with Gasteiger partial charge in [-0.3, -0.25) is 9.69 Å². The van der Waals surface area contributed by atoms with Gasteiger partial charge < -0.3 is 20.8 Å². The Morgan fingerprint density at radius 1 is 0.792 bits per heavy atom. The number of piperazine rings is 1. The maximum atomic E-state index is 13.9. The van der Waals surface area contributed by atoms with Gasteiger partial charge >= 0.3 is 5.91 Å². The zero-order chi connectivity index (χ0) is 37.3. The quantitative estimate of drug-likeness (QED) is 0.120. The number of carbonyl (C=O) groups is 1. The third-order valence-electron chi connectivity index (χ3n) is 9.37. The molecule has 2 aromatic heterocycles. The van der Waals surface area contributed by atoms with Gasteiger partial charge in [0.1, 0.15) is 5.58 Å². The number of nitrogen functional groups attached to an aromatic ring is 2. The lowest BCUT2D eigenvalue weighted by Crippen LogP contribution is -2.46. The summed E-state index contributed by atoms with van der Waals surface area (Å²) in [5.41, 5.74) is 15.3. The van der Waals surface area contributed by atoms with Gasteiger partial charge in [-0.25, -0.2) is 25.5 Å². The van der Waals surface area contributed by atoms with Crippen LogP contribution >= 0.6 is 0 Å². The Kier molecular flexibility index (Phi) is 9.60. The zero-order valence-electron chi connectivity index (χ0n) is 28.6. The third kappa shape index (κ3) is 7.43. The number of benzene rings is 4. The van der Waals surface area contributed by atoms with Crippen LogP contribution in [0.25, 0.3) is 21.9 Å². The summed E-state index contributed by atoms with van der Waals surface area (Å²) in [7, 11) is -8.08. The molecule has 1 amide bonds. The maximum absolute atomic E-state index is 13.9. The standard InChI is InChI=1S/C38H37N7O6S2/c39-25-26-10-12-35-27(19-26)20-32(45(35)53(49,50)34-9-4-6-30(41)24-34)7-1-2-14-43-15-17-44(18-16-43)31-11-13-36-28(21-31)22-37(51-36)38(46)42-52(47,48)33-8-3-5-29(40)23-33/h3-6,8-13,19-24H,1-2,7,14-18,40-41H2,(H,42,46). The van der Waals surface area contributed by atoms with E-state index in [0.29, 0.717) is 45.2 Å². The SMILES string of the molecule is N#Cc1ccc2c(c1)cc(CCCCN1CCN(c3ccc4oc(C(=O)NS(=O)(=O)c5cccc(N)c5)cc4c3)CC1)n2S(=O)(=O)c1cccc(N)c1. The van der Waals surface area contributed by atoms with Gasteiger partial charge in [-0.05, 0) is 111 Å². The van der Waals surface area contributed by atoms with Gasteiger partial charge in [0, 0.05) is 59.7 Å². The minimum atomic E-state index is -4.14. The predicted molar refractivity (Wildman–Crippen MR) is 203 cm³/mol. The molecule has 272 valence electrons. The second kappa shape index (κ2) is 14.3. The number of hydrogen-bond acceptors (Lipinski definition) is 11. The largest absolute Gasteiger partial charge is 0.451 e. The number of nitrogens with zero attached hydrogens (tertiary/aromatic N) is 4. The van der Waals surface area contributed by atoms with Crippen molar-refractivity contribution in [1.29, 1.82) is 5.26 Å². The van der Waals surface area contributed by atoms with Crippen LogP contribution in [0, 0.1) is 11.3 Å². The van der Waals surface area contributed by atoms with E-state index in [-0.39, 0.29) is 21.2 Å². The lowest BCUT2D eigenvalue weighted by atomic mass is 10.1. The second-order valence-corrected chi connectivity index (χ2v) is 16.5. The molecule has 7 rings (SSSR count). The molecule has 1 fully saturated rings. The second-order valence-electron chi connectivity index (χ2n) is 13.0. The van der Waals surface area contributed by atoms with Crippen molar-refractivity contribution in [2.24, 2.45) is 0 Å². The molecule has 13 nitrogen and oxygen atoms in total. The van der Waals surface area contributed by atoms with Crippen molar-refractivity contribution < 1.29 is 26.0 Å². The van der Waals surface area contributed by atoms with Crippen LogP contribution in [0.15, 0.2) is 111 Å². The Labute approximate surface area is 307 Å². The van der Waals surface area contributed by atoms with E-state index in [1.807, 2.05) is 22.9 Å². The summed E-state index contributed by atoms with van der Waals surface area (Å²) in [6, 6.07) is 28.1. The molecule has 6 aromatic rings. The molecule has 15 heteroatoms. The molecule has 5 N–H and O–H groups in total. The molecule has 0 radical (unpaired) electrons. The summed E-state index contributed by atoms with van der Waals surface area (Å²) >= 11 is 0. The molecule has 0 saturated carbocycles. The average molecular weight is 752 g/mol. The molecule has 0 bridgehead atoms. The number of carbonyl (C=O) groups excluding carboxylic acids is 1. The molecule has 0 atom stereocenters. The van der Waals surface area contributed by atoms with Crippen molar-refractivity contribution in [1.82, 2.24) is 13.6 Å². The number of nitriles is 1. The highest BCUT2D eigenvalue weighted by molar-refractivity contribution is 7.90. The van der Waals surface area contributed by atoms with E-state index in [1.54, 1.807) is 42.5 Å². The highest BCUT2D eigenvalue weighted by Crippen LogP contribution is 2.29. The molecule has 4 aromatic carbocycles. The number of rotatable bonds is 11. The molecule has 1 aliphatic rings. The monoisotopic (exact) mass is 751 g/mol. The van der Waals surface area contributed by atoms with Gasteiger partial charge in [-0.15, -0.1) is 0 Å². The van der Waals surface area contributed by atoms with Gasteiger partial charge in [0.15, 0.2) is 5.76 Å². The van der Waals surface area contributed by atoms with E-state index >= 15 is 0 Å². The first kappa shape index (κ1) is 35.6. The van der Waals surface area contributed by atoms with Gasteiger partial charge in [0.25, 0.3) is 20.0 Å². The van der Waals surface area contributed by atoms with Crippen molar-refractivity contribution in [3.05, 3.63) is 114 Å². The number of fused-ring (bicyclic) bond motifs is 2. The number of aryl methyl sites for hydroxylation is 1. The molecule has 0 unspecified atom stereocenters.